The zero-order chi connectivity index (χ0) is 9.26. The van der Waals surface area contributed by atoms with E-state index >= 15 is 0 Å². The number of hydrogen-bond acceptors (Lipinski definition) is 4. The number of nitrogens with zero attached hydrogens (tertiary/aromatic N) is 1. The highest BCUT2D eigenvalue weighted by molar-refractivity contribution is 5.59. The average Bonchev–Trinajstić information content (AvgIpc) is 2.51. The second kappa shape index (κ2) is 3.12. The lowest BCUT2D eigenvalue weighted by Crippen LogP contribution is -2.11. The predicted molar refractivity (Wildman–Crippen MR) is 49.1 cm³/mol. The fourth-order valence-electron chi connectivity index (χ4n) is 1.21. The van der Waals surface area contributed by atoms with Crippen molar-refractivity contribution in [1.29, 1.82) is 0 Å². The van der Waals surface area contributed by atoms with Crippen molar-refractivity contribution in [3.63, 3.8) is 0 Å². The molecule has 1 aromatic heterocycles. The van der Waals surface area contributed by atoms with E-state index in [0.29, 0.717) is 6.04 Å². The molecule has 1 N–H and O–H groups in total. The van der Waals surface area contributed by atoms with Crippen LogP contribution < -0.4 is 14.8 Å². The van der Waals surface area contributed by atoms with Gasteiger partial charge >= 0.3 is 0 Å². The molecular formula is C9H12N2O2. The van der Waals surface area contributed by atoms with E-state index in [0.717, 1.165) is 17.3 Å². The molecule has 0 bridgehead atoms. The van der Waals surface area contributed by atoms with Crippen LogP contribution in [0.5, 0.6) is 11.5 Å². The number of pyridine rings is 1. The van der Waals surface area contributed by atoms with E-state index in [1.807, 2.05) is 0 Å². The van der Waals surface area contributed by atoms with Gasteiger partial charge in [-0.15, -0.1) is 0 Å². The standard InChI is InChI=1S/C9H12N2O2/c1-6(2)11-9-8-7(3-4-10-9)12-5-13-8/h3-4,6H,5H2,1-2H3,(H,10,11). The van der Waals surface area contributed by atoms with Crippen molar-refractivity contribution in [1.82, 2.24) is 4.98 Å². The van der Waals surface area contributed by atoms with Crippen LogP contribution in [0.25, 0.3) is 0 Å². The smallest absolute Gasteiger partial charge is 0.231 e. The molecule has 13 heavy (non-hydrogen) atoms. The molecule has 70 valence electrons. The van der Waals surface area contributed by atoms with Crippen molar-refractivity contribution < 1.29 is 9.47 Å². The van der Waals surface area contributed by atoms with Crippen molar-refractivity contribution >= 4 is 5.82 Å². The van der Waals surface area contributed by atoms with Gasteiger partial charge in [0, 0.05) is 18.3 Å². The highest BCUT2D eigenvalue weighted by Crippen LogP contribution is 2.37. The Kier molecular flexibility index (Phi) is 1.96. The molecule has 0 amide bonds. The van der Waals surface area contributed by atoms with Crippen LogP contribution >= 0.6 is 0 Å². The monoisotopic (exact) mass is 180 g/mol. The van der Waals surface area contributed by atoms with Crippen LogP contribution in [0.3, 0.4) is 0 Å². The first-order chi connectivity index (χ1) is 6.27. The molecule has 0 aliphatic carbocycles. The summed E-state index contributed by atoms with van der Waals surface area (Å²) in [7, 11) is 0. The van der Waals surface area contributed by atoms with Gasteiger partial charge in [0.25, 0.3) is 0 Å². The maximum absolute atomic E-state index is 5.28. The largest absolute Gasteiger partial charge is 0.453 e. The van der Waals surface area contributed by atoms with Gasteiger partial charge in [0.05, 0.1) is 0 Å². The van der Waals surface area contributed by atoms with Gasteiger partial charge in [0.2, 0.25) is 12.5 Å². The summed E-state index contributed by atoms with van der Waals surface area (Å²) in [6.45, 7) is 4.39. The van der Waals surface area contributed by atoms with Gasteiger partial charge in [-0.05, 0) is 13.8 Å². The number of aromatic nitrogens is 1. The van der Waals surface area contributed by atoms with Crippen LogP contribution in [-0.4, -0.2) is 17.8 Å². The average molecular weight is 180 g/mol. The Morgan fingerprint density at radius 2 is 2.31 bits per heavy atom. The number of anilines is 1. The summed E-state index contributed by atoms with van der Waals surface area (Å²) in [6.07, 6.45) is 1.71. The quantitative estimate of drug-likeness (QED) is 0.751. The van der Waals surface area contributed by atoms with Crippen molar-refractivity contribution in [2.45, 2.75) is 19.9 Å². The molecule has 1 aliphatic heterocycles. The van der Waals surface area contributed by atoms with Gasteiger partial charge in [-0.1, -0.05) is 0 Å². The third-order valence-electron chi connectivity index (χ3n) is 1.71. The Morgan fingerprint density at radius 1 is 1.46 bits per heavy atom. The molecule has 1 aliphatic rings. The number of hydrogen-bond donors (Lipinski definition) is 1. The van der Waals surface area contributed by atoms with Gasteiger partial charge in [-0.3, -0.25) is 0 Å². The molecule has 4 nitrogen and oxygen atoms in total. The minimum absolute atomic E-state index is 0.286. The lowest BCUT2D eigenvalue weighted by atomic mass is 10.3. The van der Waals surface area contributed by atoms with Crippen molar-refractivity contribution in [3.8, 4) is 11.5 Å². The fraction of sp³-hybridized carbons (Fsp3) is 0.444. The molecule has 0 atom stereocenters. The second-order valence-electron chi connectivity index (χ2n) is 3.19. The molecule has 0 fully saturated rings. The van der Waals surface area contributed by atoms with Crippen LogP contribution in [0, 0.1) is 0 Å². The number of ether oxygens (including phenoxy) is 2. The summed E-state index contributed by atoms with van der Waals surface area (Å²) in [5.41, 5.74) is 0. The molecule has 0 saturated carbocycles. The third kappa shape index (κ3) is 1.52. The first-order valence-corrected chi connectivity index (χ1v) is 4.28. The lowest BCUT2D eigenvalue weighted by molar-refractivity contribution is 0.174. The molecule has 0 saturated heterocycles. The molecular weight excluding hydrogens is 168 g/mol. The fourth-order valence-corrected chi connectivity index (χ4v) is 1.21. The summed E-state index contributed by atoms with van der Waals surface area (Å²) in [6, 6.07) is 2.14. The Hall–Kier alpha value is -1.45. The summed E-state index contributed by atoms with van der Waals surface area (Å²) in [4.78, 5) is 4.17. The number of rotatable bonds is 2. The Labute approximate surface area is 76.9 Å². The van der Waals surface area contributed by atoms with Crippen LogP contribution in [0.1, 0.15) is 13.8 Å². The van der Waals surface area contributed by atoms with Gasteiger partial charge < -0.3 is 14.8 Å². The van der Waals surface area contributed by atoms with E-state index in [2.05, 4.69) is 24.1 Å². The van der Waals surface area contributed by atoms with Crippen LogP contribution in [0.4, 0.5) is 5.82 Å². The number of fused-ring (bicyclic) bond motifs is 1. The SMILES string of the molecule is CC(C)Nc1nccc2c1OCO2. The van der Waals surface area contributed by atoms with Gasteiger partial charge in [-0.2, -0.15) is 0 Å². The van der Waals surface area contributed by atoms with Crippen molar-refractivity contribution in [2.75, 3.05) is 12.1 Å². The van der Waals surface area contributed by atoms with E-state index in [-0.39, 0.29) is 6.79 Å². The highest BCUT2D eigenvalue weighted by atomic mass is 16.7. The summed E-state index contributed by atoms with van der Waals surface area (Å²) in [5.74, 6) is 2.24. The second-order valence-corrected chi connectivity index (χ2v) is 3.19. The van der Waals surface area contributed by atoms with Gasteiger partial charge in [-0.25, -0.2) is 4.98 Å². The van der Waals surface area contributed by atoms with E-state index in [4.69, 9.17) is 9.47 Å². The Morgan fingerprint density at radius 3 is 3.08 bits per heavy atom. The first-order valence-electron chi connectivity index (χ1n) is 4.28. The Bertz CT molecular complexity index is 312. The normalized spacial score (nSPS) is 13.5. The van der Waals surface area contributed by atoms with E-state index < -0.39 is 0 Å². The first kappa shape index (κ1) is 8.16. The molecule has 2 rings (SSSR count). The van der Waals surface area contributed by atoms with E-state index in [1.54, 1.807) is 12.3 Å². The molecule has 0 unspecified atom stereocenters. The number of nitrogens with one attached hydrogen (secondary N) is 1. The third-order valence-corrected chi connectivity index (χ3v) is 1.71. The van der Waals surface area contributed by atoms with Crippen molar-refractivity contribution in [3.05, 3.63) is 12.3 Å². The highest BCUT2D eigenvalue weighted by Gasteiger charge is 2.18. The van der Waals surface area contributed by atoms with Crippen LogP contribution in [-0.2, 0) is 0 Å². The maximum Gasteiger partial charge on any atom is 0.231 e. The van der Waals surface area contributed by atoms with Crippen LogP contribution in [0.15, 0.2) is 12.3 Å². The summed E-state index contributed by atoms with van der Waals surface area (Å²) in [5, 5.41) is 3.19. The van der Waals surface area contributed by atoms with Gasteiger partial charge in [0.1, 0.15) is 0 Å². The zero-order valence-corrected chi connectivity index (χ0v) is 7.70. The molecule has 0 spiro atoms. The topological polar surface area (TPSA) is 43.4 Å². The molecule has 2 heterocycles. The molecule has 4 heteroatoms. The lowest BCUT2D eigenvalue weighted by Gasteiger charge is -2.10. The minimum atomic E-state index is 0.286. The Balaban J connectivity index is 2.30. The maximum atomic E-state index is 5.28. The van der Waals surface area contributed by atoms with Crippen molar-refractivity contribution in [2.24, 2.45) is 0 Å². The summed E-state index contributed by atoms with van der Waals surface area (Å²) < 4.78 is 10.5. The van der Waals surface area contributed by atoms with E-state index in [1.165, 1.54) is 0 Å². The summed E-state index contributed by atoms with van der Waals surface area (Å²) >= 11 is 0. The minimum Gasteiger partial charge on any atom is -0.453 e. The molecule has 0 aromatic carbocycles. The molecule has 1 aromatic rings. The van der Waals surface area contributed by atoms with Crippen LogP contribution in [0.2, 0.25) is 0 Å². The van der Waals surface area contributed by atoms with Gasteiger partial charge in [0.15, 0.2) is 11.6 Å². The predicted octanol–water partition coefficient (Wildman–Crippen LogP) is 1.63. The van der Waals surface area contributed by atoms with E-state index in [9.17, 15) is 0 Å². The zero-order valence-electron chi connectivity index (χ0n) is 7.70. The molecule has 0 radical (unpaired) electrons.